The molecule has 0 spiro atoms. The highest BCUT2D eigenvalue weighted by molar-refractivity contribution is 7.90. The Balaban J connectivity index is 2.30. The van der Waals surface area contributed by atoms with Gasteiger partial charge in [-0.15, -0.1) is 0 Å². The predicted octanol–water partition coefficient (Wildman–Crippen LogP) is 2.72. The van der Waals surface area contributed by atoms with Gasteiger partial charge < -0.3 is 4.74 Å². The van der Waals surface area contributed by atoms with Gasteiger partial charge in [-0.05, 0) is 43.3 Å². The van der Waals surface area contributed by atoms with Gasteiger partial charge in [0.2, 0.25) is 0 Å². The number of hydrogen-bond donors (Lipinski definition) is 0. The van der Waals surface area contributed by atoms with Crippen molar-refractivity contribution in [2.24, 2.45) is 0 Å². The molecule has 0 aliphatic rings. The lowest BCUT2D eigenvalue weighted by molar-refractivity contribution is 0.103. The second-order valence-corrected chi connectivity index (χ2v) is 6.60. The van der Waals surface area contributed by atoms with Crippen LogP contribution in [0.15, 0.2) is 53.4 Å². The third-order valence-electron chi connectivity index (χ3n) is 2.95. The van der Waals surface area contributed by atoms with E-state index in [1.165, 1.54) is 24.3 Å². The zero-order valence-electron chi connectivity index (χ0n) is 11.9. The topological polar surface area (TPSA) is 60.4 Å². The zero-order chi connectivity index (χ0) is 15.5. The standard InChI is InChI=1S/C16H16O4S/c1-3-20-14-6-4-5-13(11-14)16(17)12-7-9-15(10-8-12)21(2,18)19/h4-11H,3H2,1-2H3. The lowest BCUT2D eigenvalue weighted by Gasteiger charge is -2.06. The molecule has 0 aliphatic carbocycles. The van der Waals surface area contributed by atoms with Crippen LogP contribution in [0.4, 0.5) is 0 Å². The van der Waals surface area contributed by atoms with Crippen molar-refractivity contribution < 1.29 is 17.9 Å². The summed E-state index contributed by atoms with van der Waals surface area (Å²) in [4.78, 5) is 12.6. The van der Waals surface area contributed by atoms with Crippen molar-refractivity contribution in [2.45, 2.75) is 11.8 Å². The van der Waals surface area contributed by atoms with Gasteiger partial charge in [-0.3, -0.25) is 4.79 Å². The van der Waals surface area contributed by atoms with Gasteiger partial charge in [0.05, 0.1) is 11.5 Å². The molecule has 5 heteroatoms. The fourth-order valence-corrected chi connectivity index (χ4v) is 2.54. The minimum Gasteiger partial charge on any atom is -0.494 e. The molecule has 0 saturated carbocycles. The fourth-order valence-electron chi connectivity index (χ4n) is 1.91. The maximum absolute atomic E-state index is 12.4. The first kappa shape index (κ1) is 15.3. The first-order valence-corrected chi connectivity index (χ1v) is 8.38. The van der Waals surface area contributed by atoms with Gasteiger partial charge >= 0.3 is 0 Å². The average molecular weight is 304 g/mol. The fraction of sp³-hybridized carbons (Fsp3) is 0.188. The number of sulfone groups is 1. The minimum absolute atomic E-state index is 0.170. The number of carbonyl (C=O) groups excluding carboxylic acids is 1. The number of rotatable bonds is 5. The van der Waals surface area contributed by atoms with Crippen LogP contribution < -0.4 is 4.74 Å². The second-order valence-electron chi connectivity index (χ2n) is 4.59. The van der Waals surface area contributed by atoms with Crippen molar-refractivity contribution in [1.82, 2.24) is 0 Å². The molecule has 4 nitrogen and oxygen atoms in total. The molecule has 0 aliphatic heterocycles. The largest absolute Gasteiger partial charge is 0.494 e. The number of ether oxygens (including phenoxy) is 1. The maximum Gasteiger partial charge on any atom is 0.193 e. The number of hydrogen-bond acceptors (Lipinski definition) is 4. The van der Waals surface area contributed by atoms with Gasteiger partial charge in [0.15, 0.2) is 15.6 Å². The van der Waals surface area contributed by atoms with Gasteiger partial charge in [-0.1, -0.05) is 12.1 Å². The molecule has 0 aromatic heterocycles. The van der Waals surface area contributed by atoms with E-state index in [2.05, 4.69) is 0 Å². The lowest BCUT2D eigenvalue weighted by Crippen LogP contribution is -2.03. The van der Waals surface area contributed by atoms with E-state index < -0.39 is 9.84 Å². The Morgan fingerprint density at radius 3 is 2.29 bits per heavy atom. The molecule has 0 atom stereocenters. The van der Waals surface area contributed by atoms with E-state index in [-0.39, 0.29) is 10.7 Å². The summed E-state index contributed by atoms with van der Waals surface area (Å²) in [6, 6.07) is 12.8. The Morgan fingerprint density at radius 2 is 1.71 bits per heavy atom. The van der Waals surface area contributed by atoms with Crippen LogP contribution in [0, 0.1) is 0 Å². The summed E-state index contributed by atoms with van der Waals surface area (Å²) in [5, 5.41) is 0. The molecule has 0 amide bonds. The summed E-state index contributed by atoms with van der Waals surface area (Å²) in [5.41, 5.74) is 0.948. The van der Waals surface area contributed by atoms with Crippen LogP contribution >= 0.6 is 0 Å². The van der Waals surface area contributed by atoms with E-state index >= 15 is 0 Å². The van der Waals surface area contributed by atoms with Crippen LogP contribution in [0.2, 0.25) is 0 Å². The van der Waals surface area contributed by atoms with Crippen LogP contribution in [0.3, 0.4) is 0 Å². The maximum atomic E-state index is 12.4. The normalized spacial score (nSPS) is 11.1. The molecular formula is C16H16O4S. The third-order valence-corrected chi connectivity index (χ3v) is 4.08. The van der Waals surface area contributed by atoms with Crippen molar-refractivity contribution in [1.29, 1.82) is 0 Å². The predicted molar refractivity (Wildman–Crippen MR) is 80.6 cm³/mol. The van der Waals surface area contributed by atoms with Gasteiger partial charge in [-0.2, -0.15) is 0 Å². The van der Waals surface area contributed by atoms with E-state index in [9.17, 15) is 13.2 Å². The van der Waals surface area contributed by atoms with E-state index in [1.54, 1.807) is 24.3 Å². The minimum atomic E-state index is -3.26. The number of carbonyl (C=O) groups is 1. The molecule has 21 heavy (non-hydrogen) atoms. The van der Waals surface area contributed by atoms with Crippen molar-refractivity contribution in [3.8, 4) is 5.75 Å². The monoisotopic (exact) mass is 304 g/mol. The average Bonchev–Trinajstić information content (AvgIpc) is 2.46. The zero-order valence-corrected chi connectivity index (χ0v) is 12.7. The Hall–Kier alpha value is -2.14. The first-order chi connectivity index (χ1) is 9.91. The SMILES string of the molecule is CCOc1cccc(C(=O)c2ccc(S(C)(=O)=O)cc2)c1. The summed E-state index contributed by atoms with van der Waals surface area (Å²) in [5.74, 6) is 0.465. The first-order valence-electron chi connectivity index (χ1n) is 6.49. The van der Waals surface area contributed by atoms with Crippen LogP contribution in [0.25, 0.3) is 0 Å². The highest BCUT2D eigenvalue weighted by atomic mass is 32.2. The van der Waals surface area contributed by atoms with Gasteiger partial charge in [-0.25, -0.2) is 8.42 Å². The molecular weight excluding hydrogens is 288 g/mol. The van der Waals surface area contributed by atoms with Crippen molar-refractivity contribution >= 4 is 15.6 Å². The Morgan fingerprint density at radius 1 is 1.05 bits per heavy atom. The summed E-state index contributed by atoms with van der Waals surface area (Å²) >= 11 is 0. The van der Waals surface area contributed by atoms with E-state index in [4.69, 9.17) is 4.74 Å². The highest BCUT2D eigenvalue weighted by Crippen LogP contribution is 2.18. The quantitative estimate of drug-likeness (QED) is 0.797. The van der Waals surface area contributed by atoms with Crippen LogP contribution in [-0.2, 0) is 9.84 Å². The van der Waals surface area contributed by atoms with Crippen LogP contribution in [0.1, 0.15) is 22.8 Å². The third kappa shape index (κ3) is 3.70. The molecule has 0 N–H and O–H groups in total. The molecule has 2 aromatic rings. The Bertz CT molecular complexity index is 746. The van der Waals surface area contributed by atoms with Crippen molar-refractivity contribution in [2.75, 3.05) is 12.9 Å². The molecule has 0 saturated heterocycles. The lowest BCUT2D eigenvalue weighted by atomic mass is 10.0. The second kappa shape index (κ2) is 6.10. The van der Waals surface area contributed by atoms with E-state index in [0.717, 1.165) is 6.26 Å². The molecule has 0 radical (unpaired) electrons. The van der Waals surface area contributed by atoms with E-state index in [1.807, 2.05) is 6.92 Å². The van der Waals surface area contributed by atoms with Crippen molar-refractivity contribution in [3.63, 3.8) is 0 Å². The molecule has 0 heterocycles. The summed E-state index contributed by atoms with van der Waals surface area (Å²) in [7, 11) is -3.26. The van der Waals surface area contributed by atoms with Crippen LogP contribution in [0.5, 0.6) is 5.75 Å². The molecule has 110 valence electrons. The number of benzene rings is 2. The Labute approximate surface area is 124 Å². The summed E-state index contributed by atoms with van der Waals surface area (Å²) in [6.45, 7) is 2.40. The summed E-state index contributed by atoms with van der Waals surface area (Å²) < 4.78 is 28.2. The smallest absolute Gasteiger partial charge is 0.193 e. The molecule has 0 fully saturated rings. The summed E-state index contributed by atoms with van der Waals surface area (Å²) in [6.07, 6.45) is 1.13. The van der Waals surface area contributed by atoms with Crippen molar-refractivity contribution in [3.05, 3.63) is 59.7 Å². The number of ketones is 1. The van der Waals surface area contributed by atoms with E-state index in [0.29, 0.717) is 23.5 Å². The molecule has 0 bridgehead atoms. The van der Waals surface area contributed by atoms with Gasteiger partial charge in [0.25, 0.3) is 0 Å². The highest BCUT2D eigenvalue weighted by Gasteiger charge is 2.12. The Kier molecular flexibility index (Phi) is 4.43. The molecule has 2 aromatic carbocycles. The van der Waals surface area contributed by atoms with Crippen LogP contribution in [-0.4, -0.2) is 27.1 Å². The van der Waals surface area contributed by atoms with Gasteiger partial charge in [0, 0.05) is 17.4 Å². The molecule has 0 unspecified atom stereocenters. The van der Waals surface area contributed by atoms with Gasteiger partial charge in [0.1, 0.15) is 5.75 Å². The molecule has 2 rings (SSSR count).